The quantitative estimate of drug-likeness (QED) is 0.637. The minimum Gasteiger partial charge on any atom is -0.340 e. The molecule has 84 valence electrons. The number of carbonyl (C=O) groups excluding carboxylic acids is 1. The SMILES string of the molecule is CN=C1NC(=O)C2(CSCCC2(C)C)N1. The van der Waals surface area contributed by atoms with E-state index in [1.54, 1.807) is 7.05 Å². The average Bonchev–Trinajstić information content (AvgIpc) is 2.50. The van der Waals surface area contributed by atoms with Crippen molar-refractivity contribution in [1.82, 2.24) is 10.6 Å². The van der Waals surface area contributed by atoms with Crippen LogP contribution in [0.4, 0.5) is 0 Å². The van der Waals surface area contributed by atoms with Crippen LogP contribution in [0, 0.1) is 5.41 Å². The predicted octanol–water partition coefficient (Wildman–Crippen LogP) is 0.593. The van der Waals surface area contributed by atoms with Gasteiger partial charge in [-0.05, 0) is 17.6 Å². The first kappa shape index (κ1) is 10.8. The zero-order chi connectivity index (χ0) is 11.1. The molecule has 1 spiro atoms. The van der Waals surface area contributed by atoms with Crippen LogP contribution >= 0.6 is 11.8 Å². The van der Waals surface area contributed by atoms with Crippen molar-refractivity contribution < 1.29 is 4.79 Å². The highest BCUT2D eigenvalue weighted by Crippen LogP contribution is 2.43. The molecule has 0 bridgehead atoms. The molecule has 0 aromatic rings. The molecule has 2 heterocycles. The van der Waals surface area contributed by atoms with Crippen molar-refractivity contribution in [3.05, 3.63) is 0 Å². The van der Waals surface area contributed by atoms with Crippen molar-refractivity contribution in [1.29, 1.82) is 0 Å². The standard InChI is InChI=1S/C10H17N3OS/c1-9(2)4-5-15-6-10(9)7(14)12-8(11-3)13-10/h4-6H2,1-3H3,(H2,11,12,13,14). The van der Waals surface area contributed by atoms with Gasteiger partial charge in [-0.1, -0.05) is 13.8 Å². The monoisotopic (exact) mass is 227 g/mol. The van der Waals surface area contributed by atoms with Crippen molar-refractivity contribution >= 4 is 23.6 Å². The van der Waals surface area contributed by atoms with Gasteiger partial charge in [0.25, 0.3) is 5.91 Å². The van der Waals surface area contributed by atoms with Gasteiger partial charge in [-0.2, -0.15) is 11.8 Å². The van der Waals surface area contributed by atoms with Crippen LogP contribution in [0.1, 0.15) is 20.3 Å². The topological polar surface area (TPSA) is 53.5 Å². The number of hydrogen-bond acceptors (Lipinski definition) is 3. The molecule has 1 unspecified atom stereocenters. The second-order valence-corrected chi connectivity index (χ2v) is 5.85. The summed E-state index contributed by atoms with van der Waals surface area (Å²) in [5.41, 5.74) is -0.487. The molecule has 2 N–H and O–H groups in total. The van der Waals surface area contributed by atoms with E-state index in [1.165, 1.54) is 0 Å². The number of carbonyl (C=O) groups is 1. The second kappa shape index (κ2) is 3.40. The number of rotatable bonds is 0. The fourth-order valence-corrected chi connectivity index (χ4v) is 3.85. The van der Waals surface area contributed by atoms with Crippen LogP contribution in [0.15, 0.2) is 4.99 Å². The largest absolute Gasteiger partial charge is 0.340 e. The van der Waals surface area contributed by atoms with Crippen molar-refractivity contribution in [2.24, 2.45) is 10.4 Å². The van der Waals surface area contributed by atoms with Gasteiger partial charge in [0.15, 0.2) is 5.96 Å². The summed E-state index contributed by atoms with van der Waals surface area (Å²) in [6.07, 6.45) is 1.05. The zero-order valence-electron chi connectivity index (χ0n) is 9.39. The van der Waals surface area contributed by atoms with Crippen LogP contribution in [-0.4, -0.2) is 36.0 Å². The van der Waals surface area contributed by atoms with Crippen LogP contribution < -0.4 is 10.6 Å². The molecule has 2 aliphatic rings. The molecule has 1 atom stereocenters. The lowest BCUT2D eigenvalue weighted by Crippen LogP contribution is -2.61. The molecule has 2 aliphatic heterocycles. The summed E-state index contributed by atoms with van der Waals surface area (Å²) in [4.78, 5) is 16.1. The Morgan fingerprint density at radius 2 is 2.20 bits per heavy atom. The van der Waals surface area contributed by atoms with Crippen molar-refractivity contribution in [3.8, 4) is 0 Å². The van der Waals surface area contributed by atoms with Crippen LogP contribution in [0.5, 0.6) is 0 Å². The molecule has 0 radical (unpaired) electrons. The molecule has 4 nitrogen and oxygen atoms in total. The average molecular weight is 227 g/mol. The molecule has 1 amide bonds. The Bertz CT molecular complexity index is 327. The van der Waals surface area contributed by atoms with Gasteiger partial charge in [0.05, 0.1) is 0 Å². The van der Waals surface area contributed by atoms with Crippen LogP contribution in [0.3, 0.4) is 0 Å². The molecule has 0 saturated carbocycles. The number of thioether (sulfide) groups is 1. The fraction of sp³-hybridized carbons (Fsp3) is 0.800. The van der Waals surface area contributed by atoms with E-state index in [2.05, 4.69) is 29.5 Å². The third-order valence-electron chi connectivity index (χ3n) is 3.52. The summed E-state index contributed by atoms with van der Waals surface area (Å²) < 4.78 is 0. The fourth-order valence-electron chi connectivity index (χ4n) is 2.16. The summed E-state index contributed by atoms with van der Waals surface area (Å²) >= 11 is 1.83. The van der Waals surface area contributed by atoms with Crippen LogP contribution in [-0.2, 0) is 4.79 Å². The van der Waals surface area contributed by atoms with Crippen molar-refractivity contribution in [2.75, 3.05) is 18.6 Å². The second-order valence-electron chi connectivity index (χ2n) is 4.74. The van der Waals surface area contributed by atoms with E-state index in [9.17, 15) is 4.79 Å². The minimum absolute atomic E-state index is 0.0191. The van der Waals surface area contributed by atoms with E-state index >= 15 is 0 Å². The molecule has 5 heteroatoms. The summed E-state index contributed by atoms with van der Waals surface area (Å²) in [6.45, 7) is 4.30. The molecule has 0 aromatic heterocycles. The van der Waals surface area contributed by atoms with E-state index in [-0.39, 0.29) is 11.3 Å². The predicted molar refractivity (Wildman–Crippen MR) is 63.1 cm³/mol. The highest BCUT2D eigenvalue weighted by atomic mass is 32.2. The number of nitrogens with one attached hydrogen (secondary N) is 2. The molecule has 0 aliphatic carbocycles. The van der Waals surface area contributed by atoms with Gasteiger partial charge in [0.1, 0.15) is 5.54 Å². The number of guanidine groups is 1. The normalized spacial score (nSPS) is 36.7. The van der Waals surface area contributed by atoms with Gasteiger partial charge in [0, 0.05) is 12.8 Å². The van der Waals surface area contributed by atoms with E-state index in [4.69, 9.17) is 0 Å². The summed E-state index contributed by atoms with van der Waals surface area (Å²) in [6, 6.07) is 0. The van der Waals surface area contributed by atoms with Crippen LogP contribution in [0.2, 0.25) is 0 Å². The van der Waals surface area contributed by atoms with E-state index in [0.717, 1.165) is 17.9 Å². The lowest BCUT2D eigenvalue weighted by Gasteiger charge is -2.45. The Kier molecular flexibility index (Phi) is 2.45. The molecule has 2 saturated heterocycles. The summed E-state index contributed by atoms with van der Waals surface area (Å²) in [5, 5.41) is 6.07. The molecule has 15 heavy (non-hydrogen) atoms. The molecular weight excluding hydrogens is 210 g/mol. The van der Waals surface area contributed by atoms with Gasteiger partial charge < -0.3 is 5.32 Å². The maximum Gasteiger partial charge on any atom is 0.253 e. The molecule has 2 fully saturated rings. The Labute approximate surface area is 94.3 Å². The Morgan fingerprint density at radius 3 is 2.73 bits per heavy atom. The number of nitrogens with zero attached hydrogens (tertiary/aromatic N) is 1. The number of aliphatic imine (C=N–C) groups is 1. The highest BCUT2D eigenvalue weighted by molar-refractivity contribution is 7.99. The third kappa shape index (κ3) is 1.44. The van der Waals surface area contributed by atoms with Crippen molar-refractivity contribution in [2.45, 2.75) is 25.8 Å². The maximum absolute atomic E-state index is 12.1. The molecule has 0 aromatic carbocycles. The van der Waals surface area contributed by atoms with E-state index in [0.29, 0.717) is 5.96 Å². The maximum atomic E-state index is 12.1. The van der Waals surface area contributed by atoms with E-state index < -0.39 is 5.54 Å². The van der Waals surface area contributed by atoms with Gasteiger partial charge in [0.2, 0.25) is 0 Å². The third-order valence-corrected chi connectivity index (χ3v) is 4.65. The Morgan fingerprint density at radius 1 is 1.47 bits per heavy atom. The highest BCUT2D eigenvalue weighted by Gasteiger charge is 2.56. The lowest BCUT2D eigenvalue weighted by atomic mass is 9.71. The first-order chi connectivity index (χ1) is 7.02. The van der Waals surface area contributed by atoms with Crippen molar-refractivity contribution in [3.63, 3.8) is 0 Å². The summed E-state index contributed by atoms with van der Waals surface area (Å²) in [5.74, 6) is 2.63. The van der Waals surface area contributed by atoms with Gasteiger partial charge in [-0.25, -0.2) is 0 Å². The number of hydrogen-bond donors (Lipinski definition) is 2. The van der Waals surface area contributed by atoms with Gasteiger partial charge >= 0.3 is 0 Å². The molecule has 2 rings (SSSR count). The zero-order valence-corrected chi connectivity index (χ0v) is 10.2. The Balaban J connectivity index is 2.36. The van der Waals surface area contributed by atoms with Gasteiger partial charge in [-0.3, -0.25) is 15.1 Å². The van der Waals surface area contributed by atoms with E-state index in [1.807, 2.05) is 11.8 Å². The minimum atomic E-state index is -0.467. The number of amides is 1. The molecular formula is C10H17N3OS. The summed E-state index contributed by atoms with van der Waals surface area (Å²) in [7, 11) is 1.69. The van der Waals surface area contributed by atoms with Gasteiger partial charge in [-0.15, -0.1) is 0 Å². The first-order valence-corrected chi connectivity index (χ1v) is 6.31. The Hall–Kier alpha value is -0.710. The smallest absolute Gasteiger partial charge is 0.253 e. The van der Waals surface area contributed by atoms with Crippen LogP contribution in [0.25, 0.3) is 0 Å². The first-order valence-electron chi connectivity index (χ1n) is 5.16. The lowest BCUT2D eigenvalue weighted by molar-refractivity contribution is -0.127.